The maximum atomic E-state index is 12.3. The minimum Gasteiger partial charge on any atom is -0.357 e. The fraction of sp³-hybridized carbons (Fsp3) is 0.350. The van der Waals surface area contributed by atoms with Crippen molar-refractivity contribution in [3.05, 3.63) is 53.2 Å². The number of rotatable bonds is 5. The topological polar surface area (TPSA) is 71.3 Å². The SMILES string of the molecule is O=C(NCc1ccc(N2CCCCCC2)nc1)c1cc(-c2cccs2)on1. The molecule has 7 heteroatoms. The molecule has 3 aromatic rings. The predicted molar refractivity (Wildman–Crippen MR) is 106 cm³/mol. The van der Waals surface area contributed by atoms with Gasteiger partial charge in [0.15, 0.2) is 11.5 Å². The van der Waals surface area contributed by atoms with E-state index in [1.165, 1.54) is 25.7 Å². The van der Waals surface area contributed by atoms with Crippen molar-refractivity contribution in [1.29, 1.82) is 0 Å². The molecule has 27 heavy (non-hydrogen) atoms. The lowest BCUT2D eigenvalue weighted by Crippen LogP contribution is -2.25. The van der Waals surface area contributed by atoms with Crippen LogP contribution in [-0.2, 0) is 6.54 Å². The second kappa shape index (κ2) is 8.35. The second-order valence-electron chi connectivity index (χ2n) is 6.66. The lowest BCUT2D eigenvalue weighted by atomic mass is 10.2. The lowest BCUT2D eigenvalue weighted by Gasteiger charge is -2.21. The summed E-state index contributed by atoms with van der Waals surface area (Å²) in [5.74, 6) is 1.38. The molecule has 0 radical (unpaired) electrons. The summed E-state index contributed by atoms with van der Waals surface area (Å²) < 4.78 is 5.26. The van der Waals surface area contributed by atoms with Gasteiger partial charge in [0.1, 0.15) is 5.82 Å². The molecule has 1 N–H and O–H groups in total. The Morgan fingerprint density at radius 1 is 1.19 bits per heavy atom. The van der Waals surface area contributed by atoms with Crippen LogP contribution in [0.2, 0.25) is 0 Å². The zero-order chi connectivity index (χ0) is 18.5. The molecule has 0 unspecified atom stereocenters. The summed E-state index contributed by atoms with van der Waals surface area (Å²) in [5.41, 5.74) is 1.25. The average Bonchev–Trinajstić information content (AvgIpc) is 3.33. The van der Waals surface area contributed by atoms with Gasteiger partial charge >= 0.3 is 0 Å². The van der Waals surface area contributed by atoms with E-state index in [1.807, 2.05) is 35.8 Å². The summed E-state index contributed by atoms with van der Waals surface area (Å²) in [6.07, 6.45) is 6.89. The van der Waals surface area contributed by atoms with Crippen LogP contribution in [0.5, 0.6) is 0 Å². The van der Waals surface area contributed by atoms with E-state index in [1.54, 1.807) is 17.4 Å². The molecule has 140 valence electrons. The van der Waals surface area contributed by atoms with Gasteiger partial charge in [-0.25, -0.2) is 4.98 Å². The van der Waals surface area contributed by atoms with Crippen LogP contribution in [0.1, 0.15) is 41.7 Å². The number of carbonyl (C=O) groups is 1. The van der Waals surface area contributed by atoms with Gasteiger partial charge in [0.05, 0.1) is 4.88 Å². The number of amides is 1. The maximum absolute atomic E-state index is 12.3. The first-order valence-electron chi connectivity index (χ1n) is 9.28. The molecular formula is C20H22N4O2S. The van der Waals surface area contributed by atoms with Crippen molar-refractivity contribution < 1.29 is 9.32 Å². The molecule has 1 fully saturated rings. The van der Waals surface area contributed by atoms with Gasteiger partial charge < -0.3 is 14.7 Å². The van der Waals surface area contributed by atoms with Gasteiger partial charge in [-0.1, -0.05) is 30.1 Å². The van der Waals surface area contributed by atoms with E-state index in [-0.39, 0.29) is 11.6 Å². The number of nitrogens with one attached hydrogen (secondary N) is 1. The lowest BCUT2D eigenvalue weighted by molar-refractivity contribution is 0.0942. The number of carbonyl (C=O) groups excluding carboxylic acids is 1. The summed E-state index contributed by atoms with van der Waals surface area (Å²) in [4.78, 5) is 20.2. The molecule has 1 aliphatic heterocycles. The summed E-state index contributed by atoms with van der Waals surface area (Å²) in [7, 11) is 0. The number of anilines is 1. The van der Waals surface area contributed by atoms with Gasteiger partial charge in [0.2, 0.25) is 0 Å². The van der Waals surface area contributed by atoms with Crippen LogP contribution in [0.25, 0.3) is 10.6 Å². The molecule has 0 aliphatic carbocycles. The zero-order valence-electron chi connectivity index (χ0n) is 15.1. The van der Waals surface area contributed by atoms with E-state index in [0.717, 1.165) is 29.3 Å². The van der Waals surface area contributed by atoms with Crippen molar-refractivity contribution in [2.45, 2.75) is 32.2 Å². The average molecular weight is 382 g/mol. The minimum atomic E-state index is -0.252. The highest BCUT2D eigenvalue weighted by Gasteiger charge is 2.14. The molecule has 1 saturated heterocycles. The van der Waals surface area contributed by atoms with Gasteiger partial charge in [-0.05, 0) is 35.9 Å². The largest absolute Gasteiger partial charge is 0.357 e. The van der Waals surface area contributed by atoms with Crippen molar-refractivity contribution in [2.24, 2.45) is 0 Å². The van der Waals surface area contributed by atoms with Gasteiger partial charge in [-0.2, -0.15) is 0 Å². The highest BCUT2D eigenvalue weighted by Crippen LogP contribution is 2.25. The molecule has 0 spiro atoms. The van der Waals surface area contributed by atoms with Crippen LogP contribution in [0, 0.1) is 0 Å². The standard InChI is InChI=1S/C20H22N4O2S/c25-20(16-12-17(26-23-16)18-6-5-11-27-18)22-14-15-7-8-19(21-13-15)24-9-3-1-2-4-10-24/h5-8,11-13H,1-4,9-10,14H2,(H,22,25). The molecular weight excluding hydrogens is 360 g/mol. The van der Waals surface area contributed by atoms with Crippen molar-refractivity contribution in [2.75, 3.05) is 18.0 Å². The summed E-state index contributed by atoms with van der Waals surface area (Å²) in [5, 5.41) is 8.70. The zero-order valence-corrected chi connectivity index (χ0v) is 15.9. The van der Waals surface area contributed by atoms with E-state index in [9.17, 15) is 4.79 Å². The van der Waals surface area contributed by atoms with Crippen LogP contribution in [-0.4, -0.2) is 29.1 Å². The molecule has 0 atom stereocenters. The molecule has 4 heterocycles. The molecule has 0 saturated carbocycles. The molecule has 1 amide bonds. The first-order chi connectivity index (χ1) is 13.3. The number of nitrogens with zero attached hydrogens (tertiary/aromatic N) is 3. The van der Waals surface area contributed by atoms with Gasteiger partial charge in [-0.3, -0.25) is 4.79 Å². The highest BCUT2D eigenvalue weighted by atomic mass is 32.1. The Balaban J connectivity index is 1.33. The van der Waals surface area contributed by atoms with Crippen molar-refractivity contribution in [3.8, 4) is 10.6 Å². The molecule has 6 nitrogen and oxygen atoms in total. The van der Waals surface area contributed by atoms with E-state index in [4.69, 9.17) is 4.52 Å². The Kier molecular flexibility index (Phi) is 5.48. The first kappa shape index (κ1) is 17.7. The van der Waals surface area contributed by atoms with Crippen LogP contribution in [0.3, 0.4) is 0 Å². The fourth-order valence-corrected chi connectivity index (χ4v) is 3.87. The summed E-state index contributed by atoms with van der Waals surface area (Å²) in [6, 6.07) is 9.60. The molecule has 0 aromatic carbocycles. The second-order valence-corrected chi connectivity index (χ2v) is 7.61. The number of aromatic nitrogens is 2. The number of hydrogen-bond donors (Lipinski definition) is 1. The maximum Gasteiger partial charge on any atom is 0.273 e. The molecule has 1 aliphatic rings. The van der Waals surface area contributed by atoms with E-state index in [0.29, 0.717) is 12.3 Å². The van der Waals surface area contributed by atoms with Gasteiger partial charge in [0.25, 0.3) is 5.91 Å². The monoisotopic (exact) mass is 382 g/mol. The third-order valence-corrected chi connectivity index (χ3v) is 5.58. The number of thiophene rings is 1. The van der Waals surface area contributed by atoms with Crippen LogP contribution in [0.15, 0.2) is 46.4 Å². The summed E-state index contributed by atoms with van der Waals surface area (Å²) in [6.45, 7) is 2.55. The first-order valence-corrected chi connectivity index (χ1v) is 10.2. The highest BCUT2D eigenvalue weighted by molar-refractivity contribution is 7.13. The quantitative estimate of drug-likeness (QED) is 0.719. The predicted octanol–water partition coefficient (Wildman–Crippen LogP) is 4.11. The Labute approximate surface area is 162 Å². The van der Waals surface area contributed by atoms with E-state index in [2.05, 4.69) is 20.4 Å². The number of pyridine rings is 1. The normalized spacial score (nSPS) is 14.7. The number of hydrogen-bond acceptors (Lipinski definition) is 6. The van der Waals surface area contributed by atoms with Gasteiger partial charge in [0, 0.05) is 31.9 Å². The Morgan fingerprint density at radius 3 is 2.74 bits per heavy atom. The molecule has 0 bridgehead atoms. The van der Waals surface area contributed by atoms with Gasteiger partial charge in [-0.15, -0.1) is 11.3 Å². The molecule has 3 aromatic heterocycles. The van der Waals surface area contributed by atoms with Crippen LogP contribution >= 0.6 is 11.3 Å². The van der Waals surface area contributed by atoms with Crippen molar-refractivity contribution >= 4 is 23.1 Å². The summed E-state index contributed by atoms with van der Waals surface area (Å²) >= 11 is 1.55. The van der Waals surface area contributed by atoms with Crippen LogP contribution in [0.4, 0.5) is 5.82 Å². The third kappa shape index (κ3) is 4.36. The van der Waals surface area contributed by atoms with Crippen LogP contribution < -0.4 is 10.2 Å². The van der Waals surface area contributed by atoms with E-state index < -0.39 is 0 Å². The van der Waals surface area contributed by atoms with Crippen molar-refractivity contribution in [1.82, 2.24) is 15.5 Å². The van der Waals surface area contributed by atoms with Crippen molar-refractivity contribution in [3.63, 3.8) is 0 Å². The Bertz CT molecular complexity index is 866. The van der Waals surface area contributed by atoms with E-state index >= 15 is 0 Å². The minimum absolute atomic E-state index is 0.252. The smallest absolute Gasteiger partial charge is 0.273 e. The third-order valence-electron chi connectivity index (χ3n) is 4.70. The Hall–Kier alpha value is -2.67. The Morgan fingerprint density at radius 2 is 2.04 bits per heavy atom. The molecule has 4 rings (SSSR count). The fourth-order valence-electron chi connectivity index (χ4n) is 3.20.